The van der Waals surface area contributed by atoms with Crippen LogP contribution in [0.5, 0.6) is 0 Å². The highest BCUT2D eigenvalue weighted by atomic mass is 79.9. The Morgan fingerprint density at radius 2 is 2.06 bits per heavy atom. The van der Waals surface area contributed by atoms with Crippen molar-refractivity contribution in [1.29, 1.82) is 0 Å². The van der Waals surface area contributed by atoms with Crippen LogP contribution in [0, 0.1) is 12.8 Å². The number of hydrogen-bond donors (Lipinski definition) is 2. The van der Waals surface area contributed by atoms with Crippen LogP contribution < -0.4 is 5.32 Å². The van der Waals surface area contributed by atoms with Gasteiger partial charge in [0.1, 0.15) is 0 Å². The molecule has 0 heterocycles. The normalized spacial score (nSPS) is 11.9. The molecule has 5 heteroatoms. The van der Waals surface area contributed by atoms with E-state index in [2.05, 4.69) is 21.2 Å². The molecule has 0 aromatic heterocycles. The average molecular weight is 314 g/mol. The summed E-state index contributed by atoms with van der Waals surface area (Å²) in [7, 11) is 0. The maximum atomic E-state index is 11.7. The van der Waals surface area contributed by atoms with Crippen LogP contribution in [0.25, 0.3) is 0 Å². The summed E-state index contributed by atoms with van der Waals surface area (Å²) < 4.78 is 0.986. The molecule has 0 bridgehead atoms. The summed E-state index contributed by atoms with van der Waals surface area (Å²) in [5.74, 6) is -1.21. The quantitative estimate of drug-likeness (QED) is 0.877. The summed E-state index contributed by atoms with van der Waals surface area (Å²) >= 11 is 3.39. The van der Waals surface area contributed by atoms with E-state index in [4.69, 9.17) is 5.11 Å². The molecule has 4 nitrogen and oxygen atoms in total. The van der Waals surface area contributed by atoms with Crippen LogP contribution in [-0.4, -0.2) is 17.0 Å². The van der Waals surface area contributed by atoms with Gasteiger partial charge in [0.05, 0.1) is 0 Å². The van der Waals surface area contributed by atoms with Crippen molar-refractivity contribution >= 4 is 33.5 Å². The summed E-state index contributed by atoms with van der Waals surface area (Å²) in [5.41, 5.74) is 1.76. The van der Waals surface area contributed by atoms with Crippen molar-refractivity contribution in [2.75, 3.05) is 5.32 Å². The Morgan fingerprint density at radius 1 is 1.39 bits per heavy atom. The Kier molecular flexibility index (Phi) is 5.34. The fourth-order valence-electron chi connectivity index (χ4n) is 1.62. The fraction of sp³-hybridized carbons (Fsp3) is 0.385. The molecule has 0 fully saturated rings. The number of aryl methyl sites for hydroxylation is 1. The summed E-state index contributed by atoms with van der Waals surface area (Å²) in [6, 6.07) is 5.53. The van der Waals surface area contributed by atoms with Gasteiger partial charge in [0.15, 0.2) is 0 Å². The first-order valence-corrected chi connectivity index (χ1v) is 6.45. The number of hydrogen-bond acceptors (Lipinski definition) is 2. The van der Waals surface area contributed by atoms with Gasteiger partial charge in [0.2, 0.25) is 5.91 Å². The topological polar surface area (TPSA) is 66.4 Å². The lowest BCUT2D eigenvalue weighted by Crippen LogP contribution is -2.17. The van der Waals surface area contributed by atoms with Gasteiger partial charge in [0, 0.05) is 23.0 Å². The van der Waals surface area contributed by atoms with Gasteiger partial charge in [-0.15, -0.1) is 0 Å². The molecule has 0 saturated carbocycles. The molecule has 2 N–H and O–H groups in total. The Hall–Kier alpha value is -1.36. The molecule has 0 radical (unpaired) electrons. The molecule has 18 heavy (non-hydrogen) atoms. The van der Waals surface area contributed by atoms with Crippen molar-refractivity contribution in [3.63, 3.8) is 0 Å². The van der Waals surface area contributed by atoms with Crippen LogP contribution in [0.4, 0.5) is 5.69 Å². The third-order valence-corrected chi connectivity index (χ3v) is 3.39. The smallest absolute Gasteiger partial charge is 0.303 e. The predicted molar refractivity (Wildman–Crippen MR) is 73.5 cm³/mol. The van der Waals surface area contributed by atoms with Gasteiger partial charge in [-0.2, -0.15) is 0 Å². The molecule has 1 unspecified atom stereocenters. The van der Waals surface area contributed by atoms with E-state index in [0.717, 1.165) is 15.7 Å². The summed E-state index contributed by atoms with van der Waals surface area (Å²) in [5, 5.41) is 11.4. The largest absolute Gasteiger partial charge is 0.481 e. The Labute approximate surface area is 115 Å². The second-order valence-electron chi connectivity index (χ2n) is 4.42. The van der Waals surface area contributed by atoms with Crippen LogP contribution in [0.1, 0.15) is 25.3 Å². The van der Waals surface area contributed by atoms with E-state index in [1.807, 2.05) is 19.1 Å². The molecular formula is C13H16BrNO3. The minimum absolute atomic E-state index is 0.00673. The Morgan fingerprint density at radius 3 is 2.61 bits per heavy atom. The second kappa shape index (κ2) is 6.54. The Bertz CT molecular complexity index is 460. The zero-order chi connectivity index (χ0) is 13.7. The number of carboxylic acid groups (broad SMARTS) is 1. The van der Waals surface area contributed by atoms with Crippen molar-refractivity contribution in [3.8, 4) is 0 Å². The van der Waals surface area contributed by atoms with E-state index in [9.17, 15) is 9.59 Å². The molecule has 1 atom stereocenters. The molecule has 0 aliphatic heterocycles. The monoisotopic (exact) mass is 313 g/mol. The number of nitrogens with one attached hydrogen (secondary N) is 1. The number of amides is 1. The molecule has 1 amide bonds. The number of aliphatic carboxylic acids is 1. The van der Waals surface area contributed by atoms with Crippen LogP contribution >= 0.6 is 15.9 Å². The summed E-state index contributed by atoms with van der Waals surface area (Å²) in [4.78, 5) is 22.2. The van der Waals surface area contributed by atoms with Gasteiger partial charge < -0.3 is 10.4 Å². The fourth-order valence-corrected chi connectivity index (χ4v) is 1.87. The third-order valence-electron chi connectivity index (χ3n) is 2.50. The molecule has 1 aromatic carbocycles. The van der Waals surface area contributed by atoms with Crippen LogP contribution in [0.2, 0.25) is 0 Å². The maximum absolute atomic E-state index is 11.7. The minimum Gasteiger partial charge on any atom is -0.481 e. The number of carbonyl (C=O) groups excluding carboxylic acids is 1. The van der Waals surface area contributed by atoms with E-state index < -0.39 is 5.97 Å². The first-order chi connectivity index (χ1) is 8.38. The molecule has 0 aliphatic rings. The first-order valence-electron chi connectivity index (χ1n) is 5.66. The molecule has 0 saturated heterocycles. The van der Waals surface area contributed by atoms with Gasteiger partial charge in [-0.3, -0.25) is 9.59 Å². The van der Waals surface area contributed by atoms with Gasteiger partial charge >= 0.3 is 5.97 Å². The van der Waals surface area contributed by atoms with Crippen LogP contribution in [-0.2, 0) is 9.59 Å². The standard InChI is InChI=1S/C13H16BrNO3/c1-8(6-13(17)18)5-12(16)15-10-3-4-11(14)9(2)7-10/h3-4,7-8H,5-6H2,1-2H3,(H,15,16)(H,17,18). The molecule has 0 spiro atoms. The van der Waals surface area contributed by atoms with E-state index in [0.29, 0.717) is 0 Å². The number of carbonyl (C=O) groups is 2. The van der Waals surface area contributed by atoms with E-state index in [1.54, 1.807) is 13.0 Å². The summed E-state index contributed by atoms with van der Waals surface area (Å²) in [6.07, 6.45) is 0.216. The second-order valence-corrected chi connectivity index (χ2v) is 5.27. The lowest BCUT2D eigenvalue weighted by Gasteiger charge is -2.10. The van der Waals surface area contributed by atoms with Gasteiger partial charge in [-0.05, 0) is 36.6 Å². The van der Waals surface area contributed by atoms with E-state index >= 15 is 0 Å². The van der Waals surface area contributed by atoms with Gasteiger partial charge in [0.25, 0.3) is 0 Å². The first kappa shape index (κ1) is 14.7. The highest BCUT2D eigenvalue weighted by Crippen LogP contribution is 2.20. The number of carboxylic acids is 1. The van der Waals surface area contributed by atoms with E-state index in [1.165, 1.54) is 0 Å². The predicted octanol–water partition coefficient (Wildman–Crippen LogP) is 3.20. The highest BCUT2D eigenvalue weighted by Gasteiger charge is 2.12. The van der Waals surface area contributed by atoms with Crippen LogP contribution in [0.3, 0.4) is 0 Å². The van der Waals surface area contributed by atoms with E-state index in [-0.39, 0.29) is 24.7 Å². The zero-order valence-electron chi connectivity index (χ0n) is 10.4. The van der Waals surface area contributed by atoms with Crippen molar-refractivity contribution in [2.45, 2.75) is 26.7 Å². The minimum atomic E-state index is -0.880. The Balaban J connectivity index is 2.54. The van der Waals surface area contributed by atoms with Gasteiger partial charge in [-0.25, -0.2) is 0 Å². The number of rotatable bonds is 5. The van der Waals surface area contributed by atoms with Gasteiger partial charge in [-0.1, -0.05) is 22.9 Å². The molecule has 98 valence electrons. The van der Waals surface area contributed by atoms with Crippen molar-refractivity contribution < 1.29 is 14.7 Å². The zero-order valence-corrected chi connectivity index (χ0v) is 12.0. The SMILES string of the molecule is Cc1cc(NC(=O)CC(C)CC(=O)O)ccc1Br. The number of benzene rings is 1. The molecule has 1 rings (SSSR count). The van der Waals surface area contributed by atoms with Crippen LogP contribution in [0.15, 0.2) is 22.7 Å². The molecule has 1 aromatic rings. The third kappa shape index (κ3) is 4.87. The maximum Gasteiger partial charge on any atom is 0.303 e. The number of anilines is 1. The lowest BCUT2D eigenvalue weighted by atomic mass is 10.0. The summed E-state index contributed by atoms with van der Waals surface area (Å²) in [6.45, 7) is 3.69. The van der Waals surface area contributed by atoms with Crippen molar-refractivity contribution in [1.82, 2.24) is 0 Å². The lowest BCUT2D eigenvalue weighted by molar-refractivity contribution is -0.138. The average Bonchev–Trinajstić information content (AvgIpc) is 2.21. The highest BCUT2D eigenvalue weighted by molar-refractivity contribution is 9.10. The molecular weight excluding hydrogens is 298 g/mol. The number of halogens is 1. The molecule has 0 aliphatic carbocycles. The van der Waals surface area contributed by atoms with Crippen molar-refractivity contribution in [3.05, 3.63) is 28.2 Å². The van der Waals surface area contributed by atoms with Crippen molar-refractivity contribution in [2.24, 2.45) is 5.92 Å².